The molecule has 1 amide bonds. The third-order valence-corrected chi connectivity index (χ3v) is 5.22. The number of hydrogen-bond donors (Lipinski definition) is 0. The van der Waals surface area contributed by atoms with E-state index in [2.05, 4.69) is 17.1 Å². The first-order chi connectivity index (χ1) is 11.2. The topological polar surface area (TPSA) is 20.3 Å². The van der Waals surface area contributed by atoms with Crippen LogP contribution >= 0.6 is 0 Å². The summed E-state index contributed by atoms with van der Waals surface area (Å²) in [6, 6.07) is 7.08. The SMILES string of the molecule is O=C(C1CC=CCC1)N(CCc1ccc(F)cc1)C1CCCC1. The van der Waals surface area contributed by atoms with Gasteiger partial charge in [0, 0.05) is 18.5 Å². The Morgan fingerprint density at radius 1 is 1.09 bits per heavy atom. The van der Waals surface area contributed by atoms with E-state index < -0.39 is 0 Å². The largest absolute Gasteiger partial charge is 0.339 e. The molecule has 0 heterocycles. The molecule has 1 fully saturated rings. The van der Waals surface area contributed by atoms with Crippen molar-refractivity contribution in [2.75, 3.05) is 6.54 Å². The van der Waals surface area contributed by atoms with E-state index in [1.54, 1.807) is 0 Å². The van der Waals surface area contributed by atoms with Gasteiger partial charge in [-0.15, -0.1) is 0 Å². The highest BCUT2D eigenvalue weighted by atomic mass is 19.1. The second-order valence-corrected chi connectivity index (χ2v) is 6.83. The quantitative estimate of drug-likeness (QED) is 0.733. The van der Waals surface area contributed by atoms with Crippen LogP contribution in [0.2, 0.25) is 0 Å². The van der Waals surface area contributed by atoms with Gasteiger partial charge in [-0.3, -0.25) is 4.79 Å². The number of allylic oxidation sites excluding steroid dienone is 2. The highest BCUT2D eigenvalue weighted by Crippen LogP contribution is 2.28. The van der Waals surface area contributed by atoms with Crippen molar-refractivity contribution in [1.82, 2.24) is 4.90 Å². The van der Waals surface area contributed by atoms with E-state index in [0.717, 1.165) is 50.6 Å². The van der Waals surface area contributed by atoms with E-state index in [9.17, 15) is 9.18 Å². The fraction of sp³-hybridized carbons (Fsp3) is 0.550. The molecular weight excluding hydrogens is 289 g/mol. The molecule has 3 heteroatoms. The molecule has 0 aromatic heterocycles. The summed E-state index contributed by atoms with van der Waals surface area (Å²) in [4.78, 5) is 15.1. The van der Waals surface area contributed by atoms with Crippen LogP contribution in [0.15, 0.2) is 36.4 Å². The Kier molecular flexibility index (Phi) is 5.47. The molecule has 2 nitrogen and oxygen atoms in total. The molecule has 1 atom stereocenters. The van der Waals surface area contributed by atoms with Crippen molar-refractivity contribution in [3.63, 3.8) is 0 Å². The van der Waals surface area contributed by atoms with Gasteiger partial charge < -0.3 is 4.90 Å². The second kappa shape index (κ2) is 7.76. The number of carbonyl (C=O) groups is 1. The first-order valence-electron chi connectivity index (χ1n) is 8.94. The standard InChI is InChI=1S/C20H26FNO/c21-18-12-10-16(11-13-18)14-15-22(19-8-4-5-9-19)20(23)17-6-2-1-3-7-17/h1-2,10-13,17,19H,3-9,14-15H2. The lowest BCUT2D eigenvalue weighted by molar-refractivity contribution is -0.138. The summed E-state index contributed by atoms with van der Waals surface area (Å²) in [5.41, 5.74) is 1.10. The molecular formula is C20H26FNO. The molecule has 124 valence electrons. The molecule has 2 aliphatic rings. The van der Waals surface area contributed by atoms with Crippen molar-refractivity contribution >= 4 is 5.91 Å². The molecule has 1 aromatic rings. The van der Waals surface area contributed by atoms with E-state index in [0.29, 0.717) is 11.9 Å². The molecule has 1 aromatic carbocycles. The van der Waals surface area contributed by atoms with Crippen molar-refractivity contribution < 1.29 is 9.18 Å². The fourth-order valence-corrected chi connectivity index (χ4v) is 3.84. The van der Waals surface area contributed by atoms with Gasteiger partial charge in [0.05, 0.1) is 0 Å². The molecule has 2 aliphatic carbocycles. The van der Waals surface area contributed by atoms with Crippen LogP contribution < -0.4 is 0 Å². The van der Waals surface area contributed by atoms with Gasteiger partial charge in [0.1, 0.15) is 5.82 Å². The van der Waals surface area contributed by atoms with E-state index in [1.807, 2.05) is 12.1 Å². The van der Waals surface area contributed by atoms with Crippen LogP contribution in [0.4, 0.5) is 4.39 Å². The molecule has 1 saturated carbocycles. The van der Waals surface area contributed by atoms with Gasteiger partial charge >= 0.3 is 0 Å². The van der Waals surface area contributed by atoms with Crippen LogP contribution in [0.5, 0.6) is 0 Å². The van der Waals surface area contributed by atoms with Crippen LogP contribution in [0.3, 0.4) is 0 Å². The van der Waals surface area contributed by atoms with E-state index in [-0.39, 0.29) is 11.7 Å². The smallest absolute Gasteiger partial charge is 0.226 e. The molecule has 0 saturated heterocycles. The van der Waals surface area contributed by atoms with E-state index in [4.69, 9.17) is 0 Å². The van der Waals surface area contributed by atoms with Crippen LogP contribution in [-0.4, -0.2) is 23.4 Å². The van der Waals surface area contributed by atoms with Crippen molar-refractivity contribution in [3.05, 3.63) is 47.8 Å². The van der Waals surface area contributed by atoms with Crippen molar-refractivity contribution in [1.29, 1.82) is 0 Å². The van der Waals surface area contributed by atoms with Gasteiger partial charge in [0.2, 0.25) is 5.91 Å². The number of carbonyl (C=O) groups excluding carboxylic acids is 1. The minimum absolute atomic E-state index is 0.161. The number of rotatable bonds is 5. The lowest BCUT2D eigenvalue weighted by Gasteiger charge is -2.33. The molecule has 0 spiro atoms. The lowest BCUT2D eigenvalue weighted by atomic mass is 9.92. The molecule has 3 rings (SSSR count). The number of halogens is 1. The Morgan fingerprint density at radius 2 is 1.83 bits per heavy atom. The molecule has 0 aliphatic heterocycles. The maximum absolute atomic E-state index is 13.0. The summed E-state index contributed by atoms with van der Waals surface area (Å²) in [5.74, 6) is 0.295. The normalized spacial score (nSPS) is 21.5. The number of amides is 1. The first-order valence-corrected chi connectivity index (χ1v) is 8.94. The fourth-order valence-electron chi connectivity index (χ4n) is 3.84. The Balaban J connectivity index is 1.66. The molecule has 0 N–H and O–H groups in total. The predicted octanol–water partition coefficient (Wildman–Crippen LogP) is 4.50. The van der Waals surface area contributed by atoms with Gasteiger partial charge in [-0.25, -0.2) is 4.39 Å². The summed E-state index contributed by atoms with van der Waals surface area (Å²) in [5, 5.41) is 0. The zero-order chi connectivity index (χ0) is 16.1. The zero-order valence-corrected chi connectivity index (χ0v) is 13.7. The van der Waals surface area contributed by atoms with Crippen LogP contribution in [-0.2, 0) is 11.2 Å². The van der Waals surface area contributed by atoms with Crippen LogP contribution in [0, 0.1) is 11.7 Å². The summed E-state index contributed by atoms with van der Waals surface area (Å²) in [6.07, 6.45) is 12.8. The minimum Gasteiger partial charge on any atom is -0.339 e. The molecule has 0 radical (unpaired) electrons. The maximum Gasteiger partial charge on any atom is 0.226 e. The van der Waals surface area contributed by atoms with Gasteiger partial charge in [-0.05, 0) is 56.2 Å². The second-order valence-electron chi connectivity index (χ2n) is 6.83. The molecule has 1 unspecified atom stereocenters. The minimum atomic E-state index is -0.202. The first kappa shape index (κ1) is 16.2. The highest BCUT2D eigenvalue weighted by Gasteiger charge is 2.30. The number of hydrogen-bond acceptors (Lipinski definition) is 1. The van der Waals surface area contributed by atoms with E-state index >= 15 is 0 Å². The average Bonchev–Trinajstić information content (AvgIpc) is 3.12. The van der Waals surface area contributed by atoms with Crippen molar-refractivity contribution in [3.8, 4) is 0 Å². The Bertz CT molecular complexity index is 545. The van der Waals surface area contributed by atoms with Gasteiger partial charge in [-0.1, -0.05) is 37.1 Å². The third-order valence-electron chi connectivity index (χ3n) is 5.22. The van der Waals surface area contributed by atoms with Crippen molar-refractivity contribution in [2.24, 2.45) is 5.92 Å². The van der Waals surface area contributed by atoms with Crippen LogP contribution in [0.1, 0.15) is 50.5 Å². The lowest BCUT2D eigenvalue weighted by Crippen LogP contribution is -2.43. The summed E-state index contributed by atoms with van der Waals surface area (Å²) < 4.78 is 13.0. The van der Waals surface area contributed by atoms with Crippen LogP contribution in [0.25, 0.3) is 0 Å². The molecule has 0 bridgehead atoms. The van der Waals surface area contributed by atoms with Gasteiger partial charge in [-0.2, -0.15) is 0 Å². The van der Waals surface area contributed by atoms with E-state index in [1.165, 1.54) is 25.0 Å². The summed E-state index contributed by atoms with van der Waals surface area (Å²) >= 11 is 0. The Labute approximate surface area is 138 Å². The number of nitrogens with zero attached hydrogens (tertiary/aromatic N) is 1. The van der Waals surface area contributed by atoms with Crippen molar-refractivity contribution in [2.45, 2.75) is 57.4 Å². The maximum atomic E-state index is 13.0. The van der Waals surface area contributed by atoms with Gasteiger partial charge in [0.15, 0.2) is 0 Å². The summed E-state index contributed by atoms with van der Waals surface area (Å²) in [6.45, 7) is 0.759. The predicted molar refractivity (Wildman–Crippen MR) is 90.6 cm³/mol. The highest BCUT2D eigenvalue weighted by molar-refractivity contribution is 5.79. The average molecular weight is 315 g/mol. The number of benzene rings is 1. The Hall–Kier alpha value is -1.64. The Morgan fingerprint density at radius 3 is 2.48 bits per heavy atom. The monoisotopic (exact) mass is 315 g/mol. The summed E-state index contributed by atoms with van der Waals surface area (Å²) in [7, 11) is 0. The molecule has 23 heavy (non-hydrogen) atoms. The third kappa shape index (κ3) is 4.21. The van der Waals surface area contributed by atoms with Gasteiger partial charge in [0.25, 0.3) is 0 Å². The zero-order valence-electron chi connectivity index (χ0n) is 13.7.